The zero-order chi connectivity index (χ0) is 22.5. The minimum absolute atomic E-state index is 0.247. The smallest absolute Gasteiger partial charge is 0.268 e. The fraction of sp³-hybridized carbons (Fsp3) is 0.231. The molecule has 0 radical (unpaired) electrons. The van der Waals surface area contributed by atoms with Gasteiger partial charge in [-0.2, -0.15) is 0 Å². The number of ether oxygens (including phenoxy) is 1. The molecule has 0 saturated carbocycles. The van der Waals surface area contributed by atoms with Crippen LogP contribution in [-0.4, -0.2) is 33.9 Å². The summed E-state index contributed by atoms with van der Waals surface area (Å²) in [5.74, 6) is 0.767. The van der Waals surface area contributed by atoms with Crippen molar-refractivity contribution in [2.24, 2.45) is 4.99 Å². The molecule has 1 N–H and O–H groups in total. The molecule has 3 aromatic carbocycles. The molecule has 32 heavy (non-hydrogen) atoms. The Bertz CT molecular complexity index is 1160. The topological polar surface area (TPSA) is 62.1 Å². The standard InChI is InChI=1S/C26H24N2O3S/c1-17-4-8-20(9-5-17)26(21-10-6-18(2)7-11-21)23(29)28-24(27-26)32-16-25(28,30)19-12-14-22(31-3)15-13-19/h4-15,30H,16H2,1-3H3. The minimum Gasteiger partial charge on any atom is -0.497 e. The van der Waals surface area contributed by atoms with Gasteiger partial charge in [0.2, 0.25) is 0 Å². The monoisotopic (exact) mass is 444 g/mol. The number of carbonyl (C=O) groups is 1. The van der Waals surface area contributed by atoms with Gasteiger partial charge in [-0.3, -0.25) is 9.69 Å². The van der Waals surface area contributed by atoms with Crippen molar-refractivity contribution in [1.29, 1.82) is 0 Å². The van der Waals surface area contributed by atoms with E-state index < -0.39 is 11.3 Å². The highest BCUT2D eigenvalue weighted by atomic mass is 32.2. The van der Waals surface area contributed by atoms with E-state index in [1.807, 2.05) is 62.4 Å². The summed E-state index contributed by atoms with van der Waals surface area (Å²) in [5.41, 5.74) is 1.71. The fourth-order valence-electron chi connectivity index (χ4n) is 4.35. The zero-order valence-electron chi connectivity index (χ0n) is 18.2. The highest BCUT2D eigenvalue weighted by Gasteiger charge is 2.60. The van der Waals surface area contributed by atoms with Crippen LogP contribution in [0.25, 0.3) is 0 Å². The van der Waals surface area contributed by atoms with Crippen LogP contribution in [-0.2, 0) is 16.1 Å². The van der Waals surface area contributed by atoms with Crippen LogP contribution in [0, 0.1) is 13.8 Å². The van der Waals surface area contributed by atoms with Gasteiger partial charge in [0.05, 0.1) is 12.9 Å². The maximum Gasteiger partial charge on any atom is 0.268 e. The van der Waals surface area contributed by atoms with E-state index in [9.17, 15) is 9.90 Å². The first-order valence-corrected chi connectivity index (χ1v) is 11.5. The highest BCUT2D eigenvalue weighted by Crippen LogP contribution is 2.50. The fourth-order valence-corrected chi connectivity index (χ4v) is 5.54. The molecular weight excluding hydrogens is 420 g/mol. The molecule has 162 valence electrons. The van der Waals surface area contributed by atoms with Gasteiger partial charge in [0.1, 0.15) is 5.75 Å². The number of amidine groups is 1. The Kier molecular flexibility index (Phi) is 4.87. The molecule has 1 amide bonds. The van der Waals surface area contributed by atoms with E-state index in [-0.39, 0.29) is 5.91 Å². The van der Waals surface area contributed by atoms with Crippen molar-refractivity contribution < 1.29 is 14.6 Å². The number of fused-ring (bicyclic) bond motifs is 1. The van der Waals surface area contributed by atoms with Crippen molar-refractivity contribution >= 4 is 22.8 Å². The van der Waals surface area contributed by atoms with Crippen molar-refractivity contribution in [2.45, 2.75) is 25.1 Å². The average molecular weight is 445 g/mol. The molecule has 1 saturated heterocycles. The number of carbonyl (C=O) groups excluding carboxylic acids is 1. The Hall–Kier alpha value is -3.09. The molecule has 6 heteroatoms. The zero-order valence-corrected chi connectivity index (χ0v) is 19.0. The molecule has 2 aliphatic heterocycles. The first kappa shape index (κ1) is 20.8. The maximum absolute atomic E-state index is 14.2. The Balaban J connectivity index is 1.66. The van der Waals surface area contributed by atoms with Gasteiger partial charge in [0.15, 0.2) is 16.4 Å². The predicted molar refractivity (Wildman–Crippen MR) is 127 cm³/mol. The Morgan fingerprint density at radius 1 is 0.875 bits per heavy atom. The summed E-state index contributed by atoms with van der Waals surface area (Å²) in [7, 11) is 1.60. The van der Waals surface area contributed by atoms with Crippen LogP contribution in [0.3, 0.4) is 0 Å². The number of aliphatic imine (C=N–C) groups is 1. The number of nitrogens with zero attached hydrogens (tertiary/aromatic N) is 2. The third-order valence-corrected chi connectivity index (χ3v) is 7.31. The molecule has 1 fully saturated rings. The van der Waals surface area contributed by atoms with E-state index >= 15 is 0 Å². The Morgan fingerprint density at radius 3 is 1.88 bits per heavy atom. The van der Waals surface area contributed by atoms with Crippen LogP contribution in [0.4, 0.5) is 0 Å². The molecule has 1 atom stereocenters. The summed E-state index contributed by atoms with van der Waals surface area (Å²) < 4.78 is 5.25. The summed E-state index contributed by atoms with van der Waals surface area (Å²) >= 11 is 1.40. The van der Waals surface area contributed by atoms with E-state index in [4.69, 9.17) is 9.73 Å². The van der Waals surface area contributed by atoms with Crippen LogP contribution in [0.2, 0.25) is 0 Å². The van der Waals surface area contributed by atoms with Gasteiger partial charge in [-0.05, 0) is 37.1 Å². The largest absolute Gasteiger partial charge is 0.497 e. The van der Waals surface area contributed by atoms with Crippen molar-refractivity contribution in [3.05, 3.63) is 101 Å². The third-order valence-electron chi connectivity index (χ3n) is 6.23. The highest BCUT2D eigenvalue weighted by molar-refractivity contribution is 8.14. The van der Waals surface area contributed by atoms with Crippen molar-refractivity contribution in [2.75, 3.05) is 12.9 Å². The van der Waals surface area contributed by atoms with Crippen molar-refractivity contribution in [1.82, 2.24) is 4.90 Å². The number of methoxy groups -OCH3 is 1. The van der Waals surface area contributed by atoms with E-state index in [0.717, 1.165) is 22.3 Å². The first-order valence-electron chi connectivity index (χ1n) is 10.5. The lowest BCUT2D eigenvalue weighted by atomic mass is 9.81. The molecule has 0 bridgehead atoms. The van der Waals surface area contributed by atoms with E-state index in [0.29, 0.717) is 22.2 Å². The third kappa shape index (κ3) is 2.98. The molecule has 5 nitrogen and oxygen atoms in total. The number of benzene rings is 3. The second-order valence-corrected chi connectivity index (χ2v) is 9.25. The second kappa shape index (κ2) is 7.50. The van der Waals surface area contributed by atoms with Crippen LogP contribution in [0.5, 0.6) is 5.75 Å². The van der Waals surface area contributed by atoms with Gasteiger partial charge < -0.3 is 9.84 Å². The number of thioether (sulfide) groups is 1. The SMILES string of the molecule is COc1ccc(C2(O)CSC3=NC(c4ccc(C)cc4)(c4ccc(C)cc4)C(=O)N32)cc1. The molecule has 0 aliphatic carbocycles. The molecular formula is C26H24N2O3S. The van der Waals surface area contributed by atoms with E-state index in [2.05, 4.69) is 0 Å². The van der Waals surface area contributed by atoms with Crippen molar-refractivity contribution in [3.63, 3.8) is 0 Å². The molecule has 5 rings (SSSR count). The molecule has 0 aromatic heterocycles. The molecule has 0 spiro atoms. The Labute approximate surface area is 191 Å². The number of amides is 1. The van der Waals surface area contributed by atoms with Gasteiger partial charge in [0, 0.05) is 5.56 Å². The van der Waals surface area contributed by atoms with Gasteiger partial charge in [0.25, 0.3) is 5.91 Å². The minimum atomic E-state index is -1.48. The van der Waals surface area contributed by atoms with Crippen molar-refractivity contribution in [3.8, 4) is 5.75 Å². The lowest BCUT2D eigenvalue weighted by Crippen LogP contribution is -2.51. The van der Waals surface area contributed by atoms with Crippen LogP contribution >= 0.6 is 11.8 Å². The van der Waals surface area contributed by atoms with Gasteiger partial charge >= 0.3 is 0 Å². The number of hydrogen-bond acceptors (Lipinski definition) is 5. The molecule has 1 unspecified atom stereocenters. The number of hydrogen-bond donors (Lipinski definition) is 1. The number of rotatable bonds is 4. The average Bonchev–Trinajstić information content (AvgIpc) is 3.30. The van der Waals surface area contributed by atoms with Crippen LogP contribution in [0.1, 0.15) is 27.8 Å². The second-order valence-electron chi connectivity index (χ2n) is 8.31. The molecule has 2 aliphatic rings. The van der Waals surface area contributed by atoms with Crippen LogP contribution < -0.4 is 4.74 Å². The summed E-state index contributed by atoms with van der Waals surface area (Å²) in [4.78, 5) is 20.7. The predicted octanol–water partition coefficient (Wildman–Crippen LogP) is 4.35. The van der Waals surface area contributed by atoms with Gasteiger partial charge in [-0.15, -0.1) is 0 Å². The molecule has 2 heterocycles. The summed E-state index contributed by atoms with van der Waals surface area (Å²) in [6, 6.07) is 23.0. The van der Waals surface area contributed by atoms with E-state index in [1.165, 1.54) is 16.7 Å². The lowest BCUT2D eigenvalue weighted by Gasteiger charge is -2.34. The van der Waals surface area contributed by atoms with Gasteiger partial charge in [-0.25, -0.2) is 4.99 Å². The maximum atomic E-state index is 14.2. The quantitative estimate of drug-likeness (QED) is 0.650. The summed E-state index contributed by atoms with van der Waals surface area (Å²) in [6.07, 6.45) is 0. The van der Waals surface area contributed by atoms with E-state index in [1.54, 1.807) is 31.4 Å². The first-order chi connectivity index (χ1) is 15.4. The van der Waals surface area contributed by atoms with Gasteiger partial charge in [-0.1, -0.05) is 83.6 Å². The Morgan fingerprint density at radius 2 is 1.38 bits per heavy atom. The lowest BCUT2D eigenvalue weighted by molar-refractivity contribution is -0.145. The summed E-state index contributed by atoms with van der Waals surface area (Å²) in [6.45, 7) is 4.03. The molecule has 3 aromatic rings. The normalized spacial score (nSPS) is 21.4. The van der Waals surface area contributed by atoms with Crippen LogP contribution in [0.15, 0.2) is 77.8 Å². The number of aryl methyl sites for hydroxylation is 2. The number of aliphatic hydroxyl groups is 1. The summed E-state index contributed by atoms with van der Waals surface area (Å²) in [5, 5.41) is 12.3.